The molecule has 2 aromatic heterocycles. The molecule has 0 spiro atoms. The zero-order valence-corrected chi connectivity index (χ0v) is 15.3. The highest BCUT2D eigenvalue weighted by Gasteiger charge is 2.19. The Labute approximate surface area is 137 Å². The highest BCUT2D eigenvalue weighted by Crippen LogP contribution is 2.33. The van der Waals surface area contributed by atoms with Crippen LogP contribution in [0.1, 0.15) is 51.1 Å². The van der Waals surface area contributed by atoms with Gasteiger partial charge in [-0.2, -0.15) is 0 Å². The van der Waals surface area contributed by atoms with E-state index in [0.29, 0.717) is 9.39 Å². The fourth-order valence-electron chi connectivity index (χ4n) is 1.84. The Balaban J connectivity index is 2.54. The second kappa shape index (κ2) is 5.60. The molecule has 0 aliphatic heterocycles. The summed E-state index contributed by atoms with van der Waals surface area (Å²) in [6.45, 7) is 10.7. The third-order valence-corrected chi connectivity index (χ3v) is 5.57. The number of thiophene rings is 1. The number of hydrogen-bond donors (Lipinski definition) is 1. The van der Waals surface area contributed by atoms with Crippen LogP contribution < -0.4 is 5.56 Å². The molecule has 0 radical (unpaired) electrons. The molecule has 0 aromatic carbocycles. The minimum atomic E-state index is -0.0509. The summed E-state index contributed by atoms with van der Waals surface area (Å²) in [6.07, 6.45) is 0. The van der Waals surface area contributed by atoms with Crippen molar-refractivity contribution in [1.29, 1.82) is 0 Å². The molecule has 0 aliphatic carbocycles. The van der Waals surface area contributed by atoms with E-state index in [9.17, 15) is 4.79 Å². The smallest absolute Gasteiger partial charge is 0.264 e. The average Bonchev–Trinajstić information content (AvgIpc) is 2.81. The molecule has 0 bridgehead atoms. The van der Waals surface area contributed by atoms with Gasteiger partial charge in [0.15, 0.2) is 5.82 Å². The van der Waals surface area contributed by atoms with Gasteiger partial charge in [0.05, 0.1) is 14.1 Å². The monoisotopic (exact) mass is 402 g/mol. The molecular weight excluding hydrogens is 383 g/mol. The van der Waals surface area contributed by atoms with Crippen LogP contribution in [0.2, 0.25) is 0 Å². The summed E-state index contributed by atoms with van der Waals surface area (Å²) in [5, 5.41) is 0. The Bertz CT molecular complexity index is 680. The highest BCUT2D eigenvalue weighted by atomic mass is 127. The van der Waals surface area contributed by atoms with Gasteiger partial charge in [-0.1, -0.05) is 34.6 Å². The van der Waals surface area contributed by atoms with Crippen molar-refractivity contribution in [1.82, 2.24) is 9.97 Å². The fourth-order valence-corrected chi connectivity index (χ4v) is 3.73. The highest BCUT2D eigenvalue weighted by molar-refractivity contribution is 14.1. The average molecular weight is 402 g/mol. The van der Waals surface area contributed by atoms with Gasteiger partial charge in [0, 0.05) is 4.88 Å². The molecule has 0 saturated heterocycles. The van der Waals surface area contributed by atoms with Gasteiger partial charge in [0.25, 0.3) is 5.56 Å². The van der Waals surface area contributed by atoms with Crippen molar-refractivity contribution < 1.29 is 0 Å². The molecule has 0 amide bonds. The molecule has 20 heavy (non-hydrogen) atoms. The maximum absolute atomic E-state index is 12.0. The van der Waals surface area contributed by atoms with Crippen LogP contribution >= 0.6 is 33.9 Å². The second-order valence-electron chi connectivity index (χ2n) is 6.18. The molecule has 5 heteroatoms. The van der Waals surface area contributed by atoms with E-state index in [1.807, 2.05) is 6.07 Å². The van der Waals surface area contributed by atoms with Gasteiger partial charge >= 0.3 is 0 Å². The van der Waals surface area contributed by atoms with E-state index >= 15 is 0 Å². The summed E-state index contributed by atoms with van der Waals surface area (Å²) in [5.41, 5.74) is 0.938. The van der Waals surface area contributed by atoms with E-state index < -0.39 is 0 Å². The standard InChI is InChI=1S/C15H19IN2OS/c1-8(2)12-11(16)14(19)18-13(17-12)9-6-7-10(20-9)15(3,4)5/h6-8H,1-5H3,(H,17,18,19). The Kier molecular flexibility index (Phi) is 4.39. The molecule has 2 rings (SSSR count). The molecule has 2 heterocycles. The summed E-state index contributed by atoms with van der Waals surface area (Å²) in [7, 11) is 0. The van der Waals surface area contributed by atoms with Crippen LogP contribution in [0.15, 0.2) is 16.9 Å². The molecule has 0 atom stereocenters. The number of halogens is 1. The summed E-state index contributed by atoms with van der Waals surface area (Å²) in [4.78, 5) is 21.9. The number of nitrogens with zero attached hydrogens (tertiary/aromatic N) is 1. The summed E-state index contributed by atoms with van der Waals surface area (Å²) in [6, 6.07) is 4.16. The number of H-pyrrole nitrogens is 1. The van der Waals surface area contributed by atoms with Crippen LogP contribution in [-0.2, 0) is 5.41 Å². The molecular formula is C15H19IN2OS. The molecule has 0 unspecified atom stereocenters. The van der Waals surface area contributed by atoms with E-state index in [1.165, 1.54) is 4.88 Å². The third kappa shape index (κ3) is 3.14. The predicted molar refractivity (Wildman–Crippen MR) is 93.7 cm³/mol. The maximum Gasteiger partial charge on any atom is 0.264 e. The number of hydrogen-bond acceptors (Lipinski definition) is 3. The van der Waals surface area contributed by atoms with Crippen LogP contribution in [0.3, 0.4) is 0 Å². The van der Waals surface area contributed by atoms with Crippen molar-refractivity contribution in [3.8, 4) is 10.7 Å². The first-order valence-corrected chi connectivity index (χ1v) is 8.50. The molecule has 108 valence electrons. The van der Waals surface area contributed by atoms with Crippen molar-refractivity contribution in [2.45, 2.75) is 46.0 Å². The SMILES string of the molecule is CC(C)c1nc(-c2ccc(C(C)(C)C)s2)[nH]c(=O)c1I. The predicted octanol–water partition coefficient (Wildman–Crippen LogP) is 4.52. The van der Waals surface area contributed by atoms with Crippen LogP contribution in [0.4, 0.5) is 0 Å². The Morgan fingerprint density at radius 3 is 2.45 bits per heavy atom. The zero-order chi connectivity index (χ0) is 15.1. The van der Waals surface area contributed by atoms with Gasteiger partial charge in [-0.25, -0.2) is 4.98 Å². The van der Waals surface area contributed by atoms with Crippen LogP contribution in [-0.4, -0.2) is 9.97 Å². The summed E-state index contributed by atoms with van der Waals surface area (Å²) < 4.78 is 0.689. The molecule has 2 aromatic rings. The van der Waals surface area contributed by atoms with Crippen molar-refractivity contribution in [2.75, 3.05) is 0 Å². The molecule has 0 fully saturated rings. The van der Waals surface area contributed by atoms with Crippen molar-refractivity contribution in [2.24, 2.45) is 0 Å². The molecule has 0 saturated carbocycles. The lowest BCUT2D eigenvalue weighted by molar-refractivity contribution is 0.604. The maximum atomic E-state index is 12.0. The van der Waals surface area contributed by atoms with Gasteiger partial charge in [-0.05, 0) is 46.1 Å². The number of rotatable bonds is 2. The lowest BCUT2D eigenvalue weighted by Crippen LogP contribution is -2.16. The van der Waals surface area contributed by atoms with E-state index in [0.717, 1.165) is 10.6 Å². The minimum absolute atomic E-state index is 0.0509. The largest absolute Gasteiger partial charge is 0.305 e. The Morgan fingerprint density at radius 1 is 1.30 bits per heavy atom. The first-order chi connectivity index (χ1) is 9.20. The Morgan fingerprint density at radius 2 is 1.95 bits per heavy atom. The van der Waals surface area contributed by atoms with Gasteiger partial charge in [0.1, 0.15) is 0 Å². The third-order valence-electron chi connectivity index (χ3n) is 3.01. The lowest BCUT2D eigenvalue weighted by atomic mass is 9.95. The minimum Gasteiger partial charge on any atom is -0.305 e. The van der Waals surface area contributed by atoms with Gasteiger partial charge < -0.3 is 4.98 Å². The lowest BCUT2D eigenvalue weighted by Gasteiger charge is -2.15. The normalized spacial score (nSPS) is 12.2. The van der Waals surface area contributed by atoms with Crippen molar-refractivity contribution in [3.05, 3.63) is 36.6 Å². The number of nitrogens with one attached hydrogen (secondary N) is 1. The topological polar surface area (TPSA) is 45.8 Å². The molecule has 1 N–H and O–H groups in total. The summed E-state index contributed by atoms with van der Waals surface area (Å²) >= 11 is 3.76. The van der Waals surface area contributed by atoms with E-state index in [1.54, 1.807) is 11.3 Å². The van der Waals surface area contributed by atoms with Crippen LogP contribution in [0, 0.1) is 3.57 Å². The van der Waals surface area contributed by atoms with Crippen LogP contribution in [0.25, 0.3) is 10.7 Å². The first-order valence-electron chi connectivity index (χ1n) is 6.60. The number of aromatic amines is 1. The van der Waals surface area contributed by atoms with Crippen molar-refractivity contribution >= 4 is 33.9 Å². The fraction of sp³-hybridized carbons (Fsp3) is 0.467. The quantitative estimate of drug-likeness (QED) is 0.751. The zero-order valence-electron chi connectivity index (χ0n) is 12.4. The van der Waals surface area contributed by atoms with Gasteiger partial charge in [-0.15, -0.1) is 11.3 Å². The van der Waals surface area contributed by atoms with E-state index in [2.05, 4.69) is 73.2 Å². The summed E-state index contributed by atoms with van der Waals surface area (Å²) in [5.74, 6) is 0.921. The molecule has 3 nitrogen and oxygen atoms in total. The Hall–Kier alpha value is -0.690. The van der Waals surface area contributed by atoms with Crippen LogP contribution in [0.5, 0.6) is 0 Å². The van der Waals surface area contributed by atoms with E-state index in [4.69, 9.17) is 0 Å². The van der Waals surface area contributed by atoms with Gasteiger partial charge in [0.2, 0.25) is 0 Å². The van der Waals surface area contributed by atoms with Gasteiger partial charge in [-0.3, -0.25) is 4.79 Å². The number of aromatic nitrogens is 2. The first kappa shape index (κ1) is 15.7. The molecule has 0 aliphatic rings. The second-order valence-corrected chi connectivity index (χ2v) is 8.34. The van der Waals surface area contributed by atoms with Crippen molar-refractivity contribution in [3.63, 3.8) is 0 Å². The van der Waals surface area contributed by atoms with E-state index in [-0.39, 0.29) is 16.9 Å².